The highest BCUT2D eigenvalue weighted by atomic mass is 31.2. The minimum absolute atomic E-state index is 0.00822. The summed E-state index contributed by atoms with van der Waals surface area (Å²) >= 11 is 0. The van der Waals surface area contributed by atoms with Crippen LogP contribution < -0.4 is 46.9 Å². The number of aliphatic hydroxyl groups is 1. The summed E-state index contributed by atoms with van der Waals surface area (Å²) in [7, 11) is -0.0251. The van der Waals surface area contributed by atoms with Crippen LogP contribution in [0.3, 0.4) is 0 Å². The van der Waals surface area contributed by atoms with Crippen molar-refractivity contribution in [3.05, 3.63) is 154 Å². The minimum atomic E-state index is -4.20. The van der Waals surface area contributed by atoms with Crippen molar-refractivity contribution in [1.82, 2.24) is 9.80 Å². The summed E-state index contributed by atoms with van der Waals surface area (Å²) in [6.07, 6.45) is 0.0158. The Bertz CT molecular complexity index is 2960. The van der Waals surface area contributed by atoms with Gasteiger partial charge in [-0.3, -0.25) is 14.3 Å². The van der Waals surface area contributed by atoms with Gasteiger partial charge in [-0.25, -0.2) is 4.57 Å². The lowest BCUT2D eigenvalue weighted by Gasteiger charge is -2.47. The predicted molar refractivity (Wildman–Crippen MR) is 244 cm³/mol. The van der Waals surface area contributed by atoms with Gasteiger partial charge < -0.3 is 52.0 Å². The van der Waals surface area contributed by atoms with Crippen molar-refractivity contribution < 1.29 is 61.1 Å². The zero-order valence-electron chi connectivity index (χ0n) is 37.2. The molecular weight excluding hydrogens is 892 g/mol. The quantitative estimate of drug-likeness (QED) is 0.159. The van der Waals surface area contributed by atoms with Gasteiger partial charge in [-0.15, -0.1) is 0 Å². The maximum Gasteiger partial charge on any atom is 0.587 e. The van der Waals surface area contributed by atoms with Gasteiger partial charge in [0.2, 0.25) is 27.2 Å². The monoisotopic (exact) mass is 938 g/mol. The highest BCUT2D eigenvalue weighted by Crippen LogP contribution is 2.60. The number of phosphoric ester groups is 1. The number of nitrogens with zero attached hydrogens (tertiary/aromatic N) is 2. The molecule has 0 saturated carbocycles. The zero-order chi connectivity index (χ0) is 45.7. The molecule has 0 amide bonds. The average molecular weight is 939 g/mol. The van der Waals surface area contributed by atoms with Crippen molar-refractivity contribution in [3.63, 3.8) is 0 Å². The van der Waals surface area contributed by atoms with E-state index in [2.05, 4.69) is 48.2 Å². The number of para-hydroxylation sites is 2. The van der Waals surface area contributed by atoms with Crippen LogP contribution in [0.4, 0.5) is 0 Å². The van der Waals surface area contributed by atoms with Crippen LogP contribution in [0.2, 0.25) is 0 Å². The fourth-order valence-electron chi connectivity index (χ4n) is 11.5. The fraction of sp³-hybridized carbons (Fsp3) is 0.308. The number of aliphatic hydroxyl groups excluding tert-OH is 1. The van der Waals surface area contributed by atoms with E-state index in [1.165, 1.54) is 5.56 Å². The molecule has 6 aromatic carbocycles. The van der Waals surface area contributed by atoms with E-state index in [0.29, 0.717) is 36.6 Å². The number of ether oxygens (including phenoxy) is 8. The summed E-state index contributed by atoms with van der Waals surface area (Å²) in [6, 6.07) is 34.2. The molecule has 0 saturated heterocycles. The smallest absolute Gasteiger partial charge is 0.454 e. The van der Waals surface area contributed by atoms with Gasteiger partial charge in [-0.1, -0.05) is 48.5 Å². The van der Waals surface area contributed by atoms with Crippen LogP contribution in [-0.2, 0) is 35.0 Å². The Morgan fingerprint density at radius 3 is 1.49 bits per heavy atom. The molecule has 6 aromatic rings. The van der Waals surface area contributed by atoms with Gasteiger partial charge in [0.15, 0.2) is 46.0 Å². The number of hydrogen-bond acceptors (Lipinski definition) is 15. The van der Waals surface area contributed by atoms with Crippen LogP contribution >= 0.6 is 7.82 Å². The molecule has 0 spiro atoms. The van der Waals surface area contributed by atoms with Crippen molar-refractivity contribution in [2.75, 3.05) is 41.3 Å². The summed E-state index contributed by atoms with van der Waals surface area (Å²) in [6.45, 7) is 2.28. The van der Waals surface area contributed by atoms with E-state index in [4.69, 9.17) is 51.5 Å². The molecule has 2 aliphatic carbocycles. The topological polar surface area (TPSA) is 145 Å². The Labute approximate surface area is 392 Å². The third-order valence-electron chi connectivity index (χ3n) is 14.3. The third kappa shape index (κ3) is 6.97. The largest absolute Gasteiger partial charge is 0.587 e. The molecular formula is C52H47N2O13P. The van der Waals surface area contributed by atoms with Crippen LogP contribution in [0.5, 0.6) is 57.5 Å². The summed E-state index contributed by atoms with van der Waals surface area (Å²) in [5.74, 6) is 6.62. The second-order valence-electron chi connectivity index (χ2n) is 18.2. The second-order valence-corrected chi connectivity index (χ2v) is 19.7. The molecule has 6 aliphatic heterocycles. The lowest BCUT2D eigenvalue weighted by molar-refractivity contribution is 0.0561. The molecule has 0 bridgehead atoms. The molecule has 14 rings (SSSR count). The number of phosphoric acid groups is 1. The van der Waals surface area contributed by atoms with Crippen LogP contribution in [-0.4, -0.2) is 68.4 Å². The number of fused-ring (bicyclic) bond motifs is 16. The van der Waals surface area contributed by atoms with E-state index in [9.17, 15) is 9.67 Å². The third-order valence-corrected chi connectivity index (χ3v) is 15.7. The predicted octanol–water partition coefficient (Wildman–Crippen LogP) is 8.95. The van der Waals surface area contributed by atoms with Crippen molar-refractivity contribution >= 4 is 7.82 Å². The van der Waals surface area contributed by atoms with Gasteiger partial charge in [0.25, 0.3) is 0 Å². The van der Waals surface area contributed by atoms with Gasteiger partial charge in [0.1, 0.15) is 11.5 Å². The molecule has 348 valence electrons. The molecule has 0 fully saturated rings. The fourth-order valence-corrected chi connectivity index (χ4v) is 12.9. The summed E-state index contributed by atoms with van der Waals surface area (Å²) in [4.78, 5) is 4.56. The number of rotatable bonds is 6. The Kier molecular flexibility index (Phi) is 9.95. The van der Waals surface area contributed by atoms with Crippen molar-refractivity contribution in [1.29, 1.82) is 0 Å². The van der Waals surface area contributed by atoms with Crippen LogP contribution in [0, 0.1) is 0 Å². The van der Waals surface area contributed by atoms with Crippen molar-refractivity contribution in [3.8, 4) is 57.5 Å². The molecule has 6 heterocycles. The second kappa shape index (κ2) is 16.3. The van der Waals surface area contributed by atoms with Crippen molar-refractivity contribution in [2.24, 2.45) is 0 Å². The van der Waals surface area contributed by atoms with E-state index in [-0.39, 0.29) is 51.1 Å². The summed E-state index contributed by atoms with van der Waals surface area (Å²) in [5.41, 5.74) is 8.90. The van der Waals surface area contributed by atoms with Gasteiger partial charge in [0, 0.05) is 54.6 Å². The lowest BCUT2D eigenvalue weighted by atomic mass is 9.70. The van der Waals surface area contributed by atoms with Gasteiger partial charge >= 0.3 is 7.82 Å². The first-order valence-corrected chi connectivity index (χ1v) is 24.2. The van der Waals surface area contributed by atoms with Crippen LogP contribution in [0.25, 0.3) is 0 Å². The first-order chi connectivity index (χ1) is 33.2. The molecule has 8 aliphatic rings. The van der Waals surface area contributed by atoms with Gasteiger partial charge in [-0.2, -0.15) is 0 Å². The van der Waals surface area contributed by atoms with E-state index in [1.54, 1.807) is 24.3 Å². The maximum absolute atomic E-state index is 14.6. The normalized spacial score (nSPS) is 24.0. The number of likely N-dealkylation sites (N-methyl/N-ethyl adjacent to an activating group) is 2. The Morgan fingerprint density at radius 2 is 0.956 bits per heavy atom. The molecule has 6 atom stereocenters. The Morgan fingerprint density at radius 1 is 0.515 bits per heavy atom. The molecule has 68 heavy (non-hydrogen) atoms. The van der Waals surface area contributed by atoms with Crippen LogP contribution in [0.15, 0.2) is 109 Å². The van der Waals surface area contributed by atoms with Gasteiger partial charge in [-0.05, 0) is 115 Å². The van der Waals surface area contributed by atoms with E-state index in [0.717, 1.165) is 85.7 Å². The summed E-state index contributed by atoms with van der Waals surface area (Å²) in [5, 5.41) is 11.0. The number of hydrogen-bond donors (Lipinski definition) is 1. The maximum atomic E-state index is 14.6. The average Bonchev–Trinajstić information content (AvgIpc) is 4.19. The zero-order valence-corrected chi connectivity index (χ0v) is 38.1. The molecule has 1 N–H and O–H groups in total. The van der Waals surface area contributed by atoms with E-state index >= 15 is 0 Å². The minimum Gasteiger partial charge on any atom is -0.454 e. The molecule has 0 unspecified atom stereocenters. The molecule has 0 aromatic heterocycles. The summed E-state index contributed by atoms with van der Waals surface area (Å²) < 4.78 is 78.8. The SMILES string of the molecule is CN1Cc2c(ccc3c2OCO3)[C@@H]2[C@H]1c1cc3c(cc1C[C@@H]2O)OCO3.CN1Cc2c(ccc3c2OCO3)[C@H]2[C@@H](OP(=O)(Oc3ccccc3)Oc3ccccc3)Cc3cc4c(cc3[C@H]21)OCO4. The molecule has 16 heteroatoms. The van der Waals surface area contributed by atoms with E-state index in [1.807, 2.05) is 60.7 Å². The standard InChI is InChI=1S/C32H28NO8P.C20H19NO5/c1-33-17-25-23(12-13-26-32(25)38-19-35-26)30-29(15-20-14-27-28(37-18-36-27)16-24(20)31(30)33)41-42(34,39-21-8-4-2-5-9-21)40-22-10-6-3-7-11-22;1-21-7-13-11(2-3-15-20(13)26-9-23-15)18-14(22)4-10-5-16-17(25-8-24-16)6-12(10)19(18)21/h2-14,16,29-31H,15,17-19H2,1H3;2-3,5-6,14,18-19,22H,4,7-9H2,1H3/t29-,30-,31+;14-,18-,19+/m00/s1. The van der Waals surface area contributed by atoms with Gasteiger partial charge in [0.05, 0.1) is 12.2 Å². The Hall–Kier alpha value is -6.61. The lowest BCUT2D eigenvalue weighted by Crippen LogP contribution is -2.44. The highest BCUT2D eigenvalue weighted by Gasteiger charge is 2.50. The molecule has 15 nitrogen and oxygen atoms in total. The van der Waals surface area contributed by atoms with E-state index < -0.39 is 20.0 Å². The Balaban J connectivity index is 0.000000150. The van der Waals surface area contributed by atoms with Crippen molar-refractivity contribution in [2.45, 2.75) is 62.1 Å². The number of benzene rings is 6. The highest BCUT2D eigenvalue weighted by molar-refractivity contribution is 7.49. The first-order valence-electron chi connectivity index (χ1n) is 22.8. The first kappa shape index (κ1) is 41.6. The molecule has 0 radical (unpaired) electrons. The van der Waals surface area contributed by atoms with Crippen LogP contribution in [0.1, 0.15) is 68.4 Å².